The zero-order chi connectivity index (χ0) is 17.0. The highest BCUT2D eigenvalue weighted by molar-refractivity contribution is 6.31. The van der Waals surface area contributed by atoms with Crippen molar-refractivity contribution in [2.45, 2.75) is 40.2 Å². The Labute approximate surface area is 142 Å². The summed E-state index contributed by atoms with van der Waals surface area (Å²) in [6.45, 7) is 7.45. The van der Waals surface area contributed by atoms with Gasteiger partial charge in [0.15, 0.2) is 0 Å². The summed E-state index contributed by atoms with van der Waals surface area (Å²) in [7, 11) is 0. The maximum Gasteiger partial charge on any atom is 0.311 e. The summed E-state index contributed by atoms with van der Waals surface area (Å²) in [5, 5.41) is 0.689. The number of hydrogen-bond donors (Lipinski definition) is 0. The molecule has 1 atom stereocenters. The first-order valence-electron chi connectivity index (χ1n) is 7.66. The van der Waals surface area contributed by atoms with Crippen LogP contribution in [0.5, 0.6) is 0 Å². The lowest BCUT2D eigenvalue weighted by Crippen LogP contribution is -2.24. The molecule has 1 aromatic carbocycles. The molecule has 1 heterocycles. The lowest BCUT2D eigenvalue weighted by molar-refractivity contribution is -0.158. The minimum absolute atomic E-state index is 0.209. The molecule has 0 bridgehead atoms. The van der Waals surface area contributed by atoms with Crippen LogP contribution in [0.2, 0.25) is 5.02 Å². The second-order valence-corrected chi connectivity index (χ2v) is 7.05. The number of aromatic nitrogens is 1. The van der Waals surface area contributed by atoms with Crippen LogP contribution in [0.4, 0.5) is 0 Å². The summed E-state index contributed by atoms with van der Waals surface area (Å²) in [5.41, 5.74) is 2.51. The average Bonchev–Trinajstić information content (AvgIpc) is 2.49. The fourth-order valence-corrected chi connectivity index (χ4v) is 2.41. The third-order valence-electron chi connectivity index (χ3n) is 3.61. The Bertz CT molecular complexity index is 692. The Kier molecular flexibility index (Phi) is 5.42. The predicted octanol–water partition coefficient (Wildman–Crippen LogP) is 4.98. The van der Waals surface area contributed by atoms with E-state index in [9.17, 15) is 4.79 Å². The van der Waals surface area contributed by atoms with Crippen molar-refractivity contribution in [1.29, 1.82) is 0 Å². The molecule has 4 heteroatoms. The van der Waals surface area contributed by atoms with Crippen LogP contribution >= 0.6 is 11.6 Å². The average molecular weight is 332 g/mol. The maximum absolute atomic E-state index is 12.1. The van der Waals surface area contributed by atoms with Gasteiger partial charge in [-0.1, -0.05) is 35.9 Å². The first-order chi connectivity index (χ1) is 10.8. The van der Waals surface area contributed by atoms with Gasteiger partial charge in [0, 0.05) is 23.8 Å². The number of pyridine rings is 1. The predicted molar refractivity (Wildman–Crippen MR) is 92.5 cm³/mol. The number of nitrogens with zero attached hydrogens (tertiary/aromatic N) is 1. The molecule has 2 rings (SSSR count). The van der Waals surface area contributed by atoms with Crippen LogP contribution in [0, 0.1) is 5.41 Å². The first-order valence-corrected chi connectivity index (χ1v) is 8.04. The van der Waals surface area contributed by atoms with Crippen LogP contribution in [0.15, 0.2) is 42.7 Å². The Hall–Kier alpha value is -1.87. The molecule has 0 amide bonds. The van der Waals surface area contributed by atoms with E-state index in [0.717, 1.165) is 16.7 Å². The molecule has 0 spiro atoms. The molecule has 0 N–H and O–H groups in total. The normalized spacial score (nSPS) is 12.7. The van der Waals surface area contributed by atoms with Crippen LogP contribution in [-0.2, 0) is 16.0 Å². The molecule has 0 aliphatic carbocycles. The Morgan fingerprint density at radius 2 is 1.91 bits per heavy atom. The molecule has 1 unspecified atom stereocenters. The summed E-state index contributed by atoms with van der Waals surface area (Å²) < 4.78 is 5.62. The Balaban J connectivity index is 2.24. The van der Waals surface area contributed by atoms with Gasteiger partial charge >= 0.3 is 5.97 Å². The van der Waals surface area contributed by atoms with Crippen LogP contribution in [-0.4, -0.2) is 11.0 Å². The minimum atomic E-state index is -0.518. The highest BCUT2D eigenvalue weighted by atomic mass is 35.5. The van der Waals surface area contributed by atoms with Gasteiger partial charge in [0.2, 0.25) is 0 Å². The fraction of sp³-hybridized carbons (Fsp3) is 0.368. The van der Waals surface area contributed by atoms with Gasteiger partial charge < -0.3 is 4.74 Å². The van der Waals surface area contributed by atoms with Crippen LogP contribution in [0.25, 0.3) is 0 Å². The van der Waals surface area contributed by atoms with E-state index in [2.05, 4.69) is 4.98 Å². The van der Waals surface area contributed by atoms with Gasteiger partial charge in [0.05, 0.1) is 5.41 Å². The SMILES string of the molecule is CC(OC(=O)C(C)(C)C)c1ccccc1Cc1cnccc1Cl. The van der Waals surface area contributed by atoms with Crippen LogP contribution in [0.3, 0.4) is 0 Å². The van der Waals surface area contributed by atoms with Gasteiger partial charge in [-0.3, -0.25) is 9.78 Å². The zero-order valence-electron chi connectivity index (χ0n) is 14.0. The summed E-state index contributed by atoms with van der Waals surface area (Å²) in [5.74, 6) is -0.209. The Morgan fingerprint density at radius 3 is 2.57 bits per heavy atom. The molecule has 2 aromatic rings. The second kappa shape index (κ2) is 7.14. The van der Waals surface area contributed by atoms with Gasteiger partial charge in [-0.2, -0.15) is 0 Å². The van der Waals surface area contributed by atoms with Crippen molar-refractivity contribution in [1.82, 2.24) is 4.98 Å². The standard InChI is InChI=1S/C19H22ClNO2/c1-13(23-18(22)19(2,3)4)16-8-6-5-7-14(16)11-15-12-21-10-9-17(15)20/h5-10,12-13H,11H2,1-4H3. The number of ether oxygens (including phenoxy) is 1. The van der Waals surface area contributed by atoms with E-state index < -0.39 is 5.41 Å². The quantitative estimate of drug-likeness (QED) is 0.742. The van der Waals surface area contributed by atoms with Gasteiger partial charge in [-0.25, -0.2) is 0 Å². The van der Waals surface area contributed by atoms with Crippen LogP contribution < -0.4 is 0 Å². The van der Waals surface area contributed by atoms with Gasteiger partial charge in [0.1, 0.15) is 6.10 Å². The molecular formula is C19H22ClNO2. The molecule has 23 heavy (non-hydrogen) atoms. The molecule has 0 aliphatic heterocycles. The number of rotatable bonds is 4. The summed E-state index contributed by atoms with van der Waals surface area (Å²) in [4.78, 5) is 16.2. The molecule has 0 saturated heterocycles. The molecule has 0 fully saturated rings. The number of esters is 1. The van der Waals surface area contributed by atoms with E-state index in [1.54, 1.807) is 18.5 Å². The van der Waals surface area contributed by atoms with E-state index >= 15 is 0 Å². The maximum atomic E-state index is 12.1. The lowest BCUT2D eigenvalue weighted by Gasteiger charge is -2.22. The van der Waals surface area contributed by atoms with E-state index in [4.69, 9.17) is 16.3 Å². The molecule has 0 aliphatic rings. The first kappa shape index (κ1) is 17.5. The summed E-state index contributed by atoms with van der Waals surface area (Å²) in [6.07, 6.45) is 3.78. The monoisotopic (exact) mass is 331 g/mol. The van der Waals surface area contributed by atoms with Gasteiger partial charge in [-0.05, 0) is 50.5 Å². The third-order valence-corrected chi connectivity index (χ3v) is 3.98. The number of carbonyl (C=O) groups is 1. The summed E-state index contributed by atoms with van der Waals surface area (Å²) in [6, 6.07) is 9.72. The van der Waals surface area contributed by atoms with Crippen molar-refractivity contribution in [3.05, 3.63) is 64.4 Å². The number of halogens is 1. The van der Waals surface area contributed by atoms with E-state index in [1.807, 2.05) is 52.0 Å². The molecule has 3 nitrogen and oxygen atoms in total. The molecular weight excluding hydrogens is 310 g/mol. The second-order valence-electron chi connectivity index (χ2n) is 6.64. The Morgan fingerprint density at radius 1 is 1.22 bits per heavy atom. The smallest absolute Gasteiger partial charge is 0.311 e. The zero-order valence-corrected chi connectivity index (χ0v) is 14.7. The fourth-order valence-electron chi connectivity index (χ4n) is 2.24. The minimum Gasteiger partial charge on any atom is -0.457 e. The van der Waals surface area contributed by atoms with E-state index in [-0.39, 0.29) is 12.1 Å². The van der Waals surface area contributed by atoms with Crippen molar-refractivity contribution < 1.29 is 9.53 Å². The van der Waals surface area contributed by atoms with E-state index in [0.29, 0.717) is 11.4 Å². The van der Waals surface area contributed by atoms with E-state index in [1.165, 1.54) is 0 Å². The van der Waals surface area contributed by atoms with Gasteiger partial charge in [-0.15, -0.1) is 0 Å². The molecule has 0 saturated carbocycles. The van der Waals surface area contributed by atoms with Crippen molar-refractivity contribution in [3.8, 4) is 0 Å². The van der Waals surface area contributed by atoms with Crippen LogP contribution in [0.1, 0.15) is 50.5 Å². The van der Waals surface area contributed by atoms with Crippen molar-refractivity contribution >= 4 is 17.6 Å². The highest BCUT2D eigenvalue weighted by Crippen LogP contribution is 2.28. The highest BCUT2D eigenvalue weighted by Gasteiger charge is 2.26. The topological polar surface area (TPSA) is 39.2 Å². The molecule has 122 valence electrons. The molecule has 0 radical (unpaired) electrons. The molecule has 1 aromatic heterocycles. The van der Waals surface area contributed by atoms with Crippen molar-refractivity contribution in [2.75, 3.05) is 0 Å². The largest absolute Gasteiger partial charge is 0.457 e. The van der Waals surface area contributed by atoms with Crippen molar-refractivity contribution in [2.24, 2.45) is 5.41 Å². The lowest BCUT2D eigenvalue weighted by atomic mass is 9.95. The third kappa shape index (κ3) is 4.55. The number of benzene rings is 1. The number of carbonyl (C=O) groups excluding carboxylic acids is 1. The van der Waals surface area contributed by atoms with Crippen molar-refractivity contribution in [3.63, 3.8) is 0 Å². The summed E-state index contributed by atoms with van der Waals surface area (Å²) >= 11 is 6.22. The van der Waals surface area contributed by atoms with Gasteiger partial charge in [0.25, 0.3) is 0 Å². The number of hydrogen-bond acceptors (Lipinski definition) is 3.